The van der Waals surface area contributed by atoms with Gasteiger partial charge in [-0.3, -0.25) is 4.79 Å². The number of ether oxygens (including phenoxy) is 2. The van der Waals surface area contributed by atoms with E-state index in [0.29, 0.717) is 29.6 Å². The average Bonchev–Trinajstić information content (AvgIpc) is 2.80. The topological polar surface area (TPSA) is 48.7 Å². The van der Waals surface area contributed by atoms with Gasteiger partial charge in [0.1, 0.15) is 11.9 Å². The minimum absolute atomic E-state index is 0.0980. The highest BCUT2D eigenvalue weighted by Crippen LogP contribution is 2.35. The molecule has 1 heterocycles. The Bertz CT molecular complexity index is 613. The highest BCUT2D eigenvalue weighted by molar-refractivity contribution is 5.83. The number of hydrogen-bond acceptors (Lipinski definition) is 4. The molecule has 1 aliphatic rings. The smallest absolute Gasteiger partial charge is 0.308 e. The normalized spacial score (nSPS) is 22.0. The van der Waals surface area contributed by atoms with Gasteiger partial charge in [-0.05, 0) is 25.0 Å². The zero-order chi connectivity index (χ0) is 13.4. The van der Waals surface area contributed by atoms with Crippen LogP contribution < -0.4 is 4.74 Å². The first-order valence-electron chi connectivity index (χ1n) is 6.08. The molecule has 4 nitrogen and oxygen atoms in total. The van der Waals surface area contributed by atoms with E-state index in [1.807, 2.05) is 0 Å². The first-order chi connectivity index (χ1) is 9.17. The molecule has 1 aromatic heterocycles. The number of benzene rings is 1. The summed E-state index contributed by atoms with van der Waals surface area (Å²) in [4.78, 5) is 11.3. The number of hydrogen-bond donors (Lipinski definition) is 0. The van der Waals surface area contributed by atoms with Crippen LogP contribution in [0, 0.1) is 11.7 Å². The third-order valence-electron chi connectivity index (χ3n) is 3.40. The molecule has 100 valence electrons. The van der Waals surface area contributed by atoms with E-state index in [2.05, 4.69) is 4.74 Å². The van der Waals surface area contributed by atoms with Crippen molar-refractivity contribution in [1.82, 2.24) is 0 Å². The van der Waals surface area contributed by atoms with Crippen molar-refractivity contribution in [2.24, 2.45) is 5.92 Å². The van der Waals surface area contributed by atoms with E-state index in [4.69, 9.17) is 9.15 Å². The van der Waals surface area contributed by atoms with Crippen LogP contribution in [0.4, 0.5) is 4.39 Å². The third kappa shape index (κ3) is 2.16. The quantitative estimate of drug-likeness (QED) is 0.800. The predicted molar refractivity (Wildman–Crippen MR) is 65.3 cm³/mol. The van der Waals surface area contributed by atoms with Crippen molar-refractivity contribution in [3.05, 3.63) is 30.3 Å². The lowest BCUT2D eigenvalue weighted by atomic mass is 9.82. The highest BCUT2D eigenvalue weighted by Gasteiger charge is 2.37. The minimum atomic E-state index is -0.368. The molecule has 0 N–H and O–H groups in total. The van der Waals surface area contributed by atoms with Crippen molar-refractivity contribution < 1.29 is 23.1 Å². The maximum Gasteiger partial charge on any atom is 0.308 e. The summed E-state index contributed by atoms with van der Waals surface area (Å²) in [7, 11) is 1.37. The van der Waals surface area contributed by atoms with Gasteiger partial charge in [0.05, 0.1) is 19.3 Å². The van der Waals surface area contributed by atoms with Gasteiger partial charge in [-0.25, -0.2) is 4.39 Å². The fraction of sp³-hybridized carbons (Fsp3) is 0.357. The molecule has 3 rings (SSSR count). The summed E-state index contributed by atoms with van der Waals surface area (Å²) in [5.41, 5.74) is 0.530. The third-order valence-corrected chi connectivity index (χ3v) is 3.40. The number of esters is 1. The highest BCUT2D eigenvalue weighted by atomic mass is 19.1. The number of methoxy groups -OCH3 is 1. The Labute approximate surface area is 109 Å². The van der Waals surface area contributed by atoms with Gasteiger partial charge in [0.15, 0.2) is 11.3 Å². The Kier molecular flexibility index (Phi) is 2.89. The zero-order valence-electron chi connectivity index (χ0n) is 10.4. The van der Waals surface area contributed by atoms with Crippen LogP contribution >= 0.6 is 0 Å². The van der Waals surface area contributed by atoms with Crippen LogP contribution in [0.5, 0.6) is 5.75 Å². The van der Waals surface area contributed by atoms with Gasteiger partial charge in [0.25, 0.3) is 0 Å². The second kappa shape index (κ2) is 4.57. The Morgan fingerprint density at radius 1 is 1.42 bits per heavy atom. The lowest BCUT2D eigenvalue weighted by Gasteiger charge is -2.33. The van der Waals surface area contributed by atoms with Crippen molar-refractivity contribution in [3.8, 4) is 5.75 Å². The second-order valence-electron chi connectivity index (χ2n) is 4.67. The summed E-state index contributed by atoms with van der Waals surface area (Å²) in [5, 5.41) is 0.666. The predicted octanol–water partition coefficient (Wildman–Crippen LogP) is 2.90. The van der Waals surface area contributed by atoms with Crippen molar-refractivity contribution in [3.63, 3.8) is 0 Å². The van der Waals surface area contributed by atoms with E-state index in [9.17, 15) is 9.18 Å². The standard InChI is InChI=1S/C14H13FO4/c1-17-14(16)9-5-11(6-9)19-12-7-10(15)4-8-2-3-18-13(8)12/h2-4,7,9,11H,5-6H2,1H3. The molecule has 0 saturated heterocycles. The van der Waals surface area contributed by atoms with E-state index in [0.717, 1.165) is 0 Å². The molecule has 19 heavy (non-hydrogen) atoms. The van der Waals surface area contributed by atoms with Crippen LogP contribution in [0.3, 0.4) is 0 Å². The number of furan rings is 1. The number of carbonyl (C=O) groups excluding carboxylic acids is 1. The van der Waals surface area contributed by atoms with Crippen LogP contribution in [0.1, 0.15) is 12.8 Å². The molecular formula is C14H13FO4. The fourth-order valence-electron chi connectivity index (χ4n) is 2.30. The molecule has 0 radical (unpaired) electrons. The van der Waals surface area contributed by atoms with E-state index >= 15 is 0 Å². The summed E-state index contributed by atoms with van der Waals surface area (Å²) < 4.78 is 29.0. The van der Waals surface area contributed by atoms with Gasteiger partial charge >= 0.3 is 5.97 Å². The lowest BCUT2D eigenvalue weighted by Crippen LogP contribution is -2.38. The molecular weight excluding hydrogens is 251 g/mol. The molecule has 0 aliphatic heterocycles. The zero-order valence-corrected chi connectivity index (χ0v) is 10.4. The van der Waals surface area contributed by atoms with Gasteiger partial charge in [0, 0.05) is 11.5 Å². The van der Waals surface area contributed by atoms with Crippen molar-refractivity contribution in [1.29, 1.82) is 0 Å². The van der Waals surface area contributed by atoms with Gasteiger partial charge in [-0.15, -0.1) is 0 Å². The van der Waals surface area contributed by atoms with E-state index in [-0.39, 0.29) is 23.8 Å². The van der Waals surface area contributed by atoms with Gasteiger partial charge < -0.3 is 13.9 Å². The minimum Gasteiger partial charge on any atom is -0.486 e. The first-order valence-corrected chi connectivity index (χ1v) is 6.08. The van der Waals surface area contributed by atoms with Gasteiger partial charge in [-0.2, -0.15) is 0 Å². The molecule has 0 bridgehead atoms. The number of fused-ring (bicyclic) bond motifs is 1. The van der Waals surface area contributed by atoms with Crippen LogP contribution in [-0.4, -0.2) is 19.2 Å². The van der Waals surface area contributed by atoms with Crippen molar-refractivity contribution in [2.75, 3.05) is 7.11 Å². The molecule has 1 fully saturated rings. The van der Waals surface area contributed by atoms with E-state index < -0.39 is 0 Å². The van der Waals surface area contributed by atoms with Crippen molar-refractivity contribution in [2.45, 2.75) is 18.9 Å². The number of rotatable bonds is 3. The Morgan fingerprint density at radius 3 is 2.95 bits per heavy atom. The second-order valence-corrected chi connectivity index (χ2v) is 4.67. The Hall–Kier alpha value is -2.04. The summed E-state index contributed by atoms with van der Waals surface area (Å²) >= 11 is 0. The number of carbonyl (C=O) groups is 1. The Morgan fingerprint density at radius 2 is 2.21 bits per heavy atom. The maximum atomic E-state index is 13.4. The van der Waals surface area contributed by atoms with E-state index in [1.54, 1.807) is 6.07 Å². The molecule has 0 spiro atoms. The molecule has 5 heteroatoms. The molecule has 1 aromatic carbocycles. The Balaban J connectivity index is 1.73. The summed E-state index contributed by atoms with van der Waals surface area (Å²) in [6.07, 6.45) is 2.57. The summed E-state index contributed by atoms with van der Waals surface area (Å²) in [6.45, 7) is 0. The lowest BCUT2D eigenvalue weighted by molar-refractivity contribution is -0.151. The van der Waals surface area contributed by atoms with Crippen LogP contribution in [-0.2, 0) is 9.53 Å². The largest absolute Gasteiger partial charge is 0.486 e. The van der Waals surface area contributed by atoms with Gasteiger partial charge in [-0.1, -0.05) is 0 Å². The fourth-order valence-corrected chi connectivity index (χ4v) is 2.30. The average molecular weight is 264 g/mol. The van der Waals surface area contributed by atoms with Crippen LogP contribution in [0.25, 0.3) is 11.0 Å². The van der Waals surface area contributed by atoms with Crippen molar-refractivity contribution >= 4 is 16.9 Å². The monoisotopic (exact) mass is 264 g/mol. The first kappa shape index (κ1) is 12.0. The molecule has 1 aliphatic carbocycles. The SMILES string of the molecule is COC(=O)C1CC(Oc2cc(F)cc3ccoc23)C1. The molecule has 0 amide bonds. The summed E-state index contributed by atoms with van der Waals surface area (Å²) in [6, 6.07) is 4.38. The number of halogens is 1. The molecule has 0 unspecified atom stereocenters. The molecule has 1 saturated carbocycles. The van der Waals surface area contributed by atoms with E-state index in [1.165, 1.54) is 25.5 Å². The molecule has 2 aromatic rings. The van der Waals surface area contributed by atoms with Gasteiger partial charge in [0.2, 0.25) is 0 Å². The maximum absolute atomic E-state index is 13.4. The summed E-state index contributed by atoms with van der Waals surface area (Å²) in [5.74, 6) is -0.320. The molecule has 0 atom stereocenters. The van der Waals surface area contributed by atoms with Crippen LogP contribution in [0.15, 0.2) is 28.9 Å². The van der Waals surface area contributed by atoms with Crippen LogP contribution in [0.2, 0.25) is 0 Å².